The largest absolute Gasteiger partial charge is 0.347 e. The Balaban J connectivity index is 1.65. The number of amides is 1. The number of nitrogens with zero attached hydrogens (tertiary/aromatic N) is 1. The minimum atomic E-state index is -0.249. The molecule has 0 bridgehead atoms. The van der Waals surface area contributed by atoms with Gasteiger partial charge in [0, 0.05) is 16.0 Å². The molecule has 122 valence electrons. The van der Waals surface area contributed by atoms with Gasteiger partial charge >= 0.3 is 0 Å². The van der Waals surface area contributed by atoms with E-state index < -0.39 is 0 Å². The maximum absolute atomic E-state index is 12.4. The van der Waals surface area contributed by atoms with Gasteiger partial charge in [-0.05, 0) is 30.3 Å². The smallest absolute Gasteiger partial charge is 0.251 e. The second kappa shape index (κ2) is 7.56. The SMILES string of the molecule is N#Cc1cccc(C(=O)NCc2ccc(C(=O)c3ccccc3)s2)c1. The number of hydrogen-bond donors (Lipinski definition) is 1. The quantitative estimate of drug-likeness (QED) is 0.715. The maximum atomic E-state index is 12.4. The number of nitrogens with one attached hydrogen (secondary N) is 1. The minimum Gasteiger partial charge on any atom is -0.347 e. The van der Waals surface area contributed by atoms with E-state index in [2.05, 4.69) is 5.32 Å². The Bertz CT molecular complexity index is 955. The number of benzene rings is 2. The topological polar surface area (TPSA) is 70.0 Å². The third-order valence-electron chi connectivity index (χ3n) is 3.60. The molecule has 1 N–H and O–H groups in total. The van der Waals surface area contributed by atoms with Gasteiger partial charge in [0.2, 0.25) is 5.78 Å². The van der Waals surface area contributed by atoms with Crippen LogP contribution in [0.4, 0.5) is 0 Å². The molecular formula is C20H14N2O2S. The zero-order valence-electron chi connectivity index (χ0n) is 13.2. The first-order chi connectivity index (χ1) is 12.2. The van der Waals surface area contributed by atoms with Crippen molar-refractivity contribution in [1.29, 1.82) is 5.26 Å². The minimum absolute atomic E-state index is 0.0232. The van der Waals surface area contributed by atoms with Crippen LogP contribution in [0.3, 0.4) is 0 Å². The fourth-order valence-electron chi connectivity index (χ4n) is 2.33. The van der Waals surface area contributed by atoms with Crippen molar-refractivity contribution in [2.24, 2.45) is 0 Å². The van der Waals surface area contributed by atoms with E-state index in [1.54, 1.807) is 42.5 Å². The molecule has 1 heterocycles. The van der Waals surface area contributed by atoms with Crippen LogP contribution in [-0.4, -0.2) is 11.7 Å². The molecule has 0 aliphatic heterocycles. The van der Waals surface area contributed by atoms with E-state index in [1.807, 2.05) is 30.3 Å². The van der Waals surface area contributed by atoms with Gasteiger partial charge in [-0.25, -0.2) is 0 Å². The molecule has 1 amide bonds. The number of nitriles is 1. The van der Waals surface area contributed by atoms with Crippen LogP contribution in [0.2, 0.25) is 0 Å². The Morgan fingerprint density at radius 3 is 2.48 bits per heavy atom. The summed E-state index contributed by atoms with van der Waals surface area (Å²) in [6.45, 7) is 0.336. The van der Waals surface area contributed by atoms with Gasteiger partial charge in [0.25, 0.3) is 5.91 Å². The fourth-order valence-corrected chi connectivity index (χ4v) is 3.24. The van der Waals surface area contributed by atoms with E-state index in [4.69, 9.17) is 5.26 Å². The van der Waals surface area contributed by atoms with Gasteiger partial charge < -0.3 is 5.32 Å². The van der Waals surface area contributed by atoms with Crippen LogP contribution >= 0.6 is 11.3 Å². The zero-order valence-corrected chi connectivity index (χ0v) is 14.0. The Labute approximate surface area is 149 Å². The van der Waals surface area contributed by atoms with E-state index >= 15 is 0 Å². The van der Waals surface area contributed by atoms with Crippen LogP contribution in [0.25, 0.3) is 0 Å². The Morgan fingerprint density at radius 1 is 0.960 bits per heavy atom. The highest BCUT2D eigenvalue weighted by Crippen LogP contribution is 2.20. The van der Waals surface area contributed by atoms with Crippen LogP contribution in [-0.2, 0) is 6.54 Å². The Kier molecular flexibility index (Phi) is 5.03. The Morgan fingerprint density at radius 2 is 1.72 bits per heavy atom. The van der Waals surface area contributed by atoms with E-state index in [0.717, 1.165) is 4.88 Å². The summed E-state index contributed by atoms with van der Waals surface area (Å²) in [6.07, 6.45) is 0. The number of rotatable bonds is 5. The molecule has 1 aromatic heterocycles. The van der Waals surface area contributed by atoms with Crippen LogP contribution in [0.15, 0.2) is 66.7 Å². The molecule has 3 aromatic rings. The van der Waals surface area contributed by atoms with E-state index in [0.29, 0.717) is 28.1 Å². The molecule has 5 heteroatoms. The average molecular weight is 346 g/mol. The molecule has 0 saturated carbocycles. The van der Waals surface area contributed by atoms with Crippen LogP contribution in [0, 0.1) is 11.3 Å². The number of thiophene rings is 1. The molecule has 0 aliphatic rings. The lowest BCUT2D eigenvalue weighted by Crippen LogP contribution is -2.22. The van der Waals surface area contributed by atoms with E-state index in [1.165, 1.54) is 11.3 Å². The van der Waals surface area contributed by atoms with Crippen LogP contribution < -0.4 is 5.32 Å². The van der Waals surface area contributed by atoms with Gasteiger partial charge in [-0.2, -0.15) is 5.26 Å². The summed E-state index contributed by atoms with van der Waals surface area (Å²) in [5.74, 6) is -0.272. The standard InChI is InChI=1S/C20H14N2O2S/c21-12-14-5-4-8-16(11-14)20(24)22-13-17-9-10-18(25-17)19(23)15-6-2-1-3-7-15/h1-11H,13H2,(H,22,24). The molecule has 0 fully saturated rings. The summed E-state index contributed by atoms with van der Waals surface area (Å²) < 4.78 is 0. The first-order valence-corrected chi connectivity index (χ1v) is 8.46. The first-order valence-electron chi connectivity index (χ1n) is 7.64. The van der Waals surface area contributed by atoms with Gasteiger partial charge in [0.15, 0.2) is 0 Å². The molecule has 0 atom stereocenters. The number of carbonyl (C=O) groups excluding carboxylic acids is 2. The monoisotopic (exact) mass is 346 g/mol. The number of carbonyl (C=O) groups is 2. The third-order valence-corrected chi connectivity index (χ3v) is 4.68. The van der Waals surface area contributed by atoms with Crippen molar-refractivity contribution >= 4 is 23.0 Å². The molecule has 0 spiro atoms. The summed E-state index contributed by atoms with van der Waals surface area (Å²) in [6, 6.07) is 21.3. The molecule has 0 saturated heterocycles. The highest BCUT2D eigenvalue weighted by Gasteiger charge is 2.12. The number of hydrogen-bond acceptors (Lipinski definition) is 4. The van der Waals surface area contributed by atoms with E-state index in [-0.39, 0.29) is 11.7 Å². The average Bonchev–Trinajstić information content (AvgIpc) is 3.15. The van der Waals surface area contributed by atoms with Crippen molar-refractivity contribution in [3.05, 3.63) is 93.2 Å². The van der Waals surface area contributed by atoms with Crippen LogP contribution in [0.5, 0.6) is 0 Å². The summed E-state index contributed by atoms with van der Waals surface area (Å²) in [5, 5.41) is 11.7. The lowest BCUT2D eigenvalue weighted by molar-refractivity contribution is 0.0950. The maximum Gasteiger partial charge on any atom is 0.251 e. The predicted molar refractivity (Wildman–Crippen MR) is 96.5 cm³/mol. The van der Waals surface area contributed by atoms with Gasteiger partial charge in [-0.1, -0.05) is 36.4 Å². The summed E-state index contributed by atoms with van der Waals surface area (Å²) in [5.41, 5.74) is 1.53. The molecule has 3 rings (SSSR count). The molecule has 2 aromatic carbocycles. The molecule has 0 radical (unpaired) electrons. The lowest BCUT2D eigenvalue weighted by atomic mass is 10.1. The van der Waals surface area contributed by atoms with Gasteiger partial charge in [0.1, 0.15) is 0 Å². The van der Waals surface area contributed by atoms with Gasteiger partial charge in [-0.3, -0.25) is 9.59 Å². The van der Waals surface area contributed by atoms with Gasteiger partial charge in [-0.15, -0.1) is 11.3 Å². The molecule has 0 aliphatic carbocycles. The van der Waals surface area contributed by atoms with Crippen molar-refractivity contribution in [2.75, 3.05) is 0 Å². The fraction of sp³-hybridized carbons (Fsp3) is 0.0500. The molecule has 0 unspecified atom stereocenters. The van der Waals surface area contributed by atoms with Gasteiger partial charge in [0.05, 0.1) is 23.1 Å². The summed E-state index contributed by atoms with van der Waals surface area (Å²) in [4.78, 5) is 26.1. The van der Waals surface area contributed by atoms with Crippen molar-refractivity contribution in [3.63, 3.8) is 0 Å². The third kappa shape index (κ3) is 4.00. The van der Waals surface area contributed by atoms with Crippen molar-refractivity contribution in [1.82, 2.24) is 5.32 Å². The molecule has 4 nitrogen and oxygen atoms in total. The van der Waals surface area contributed by atoms with Crippen LogP contribution in [0.1, 0.15) is 36.0 Å². The predicted octanol–water partition coefficient (Wildman–Crippen LogP) is 3.78. The lowest BCUT2D eigenvalue weighted by Gasteiger charge is -2.04. The van der Waals surface area contributed by atoms with Crippen molar-refractivity contribution in [2.45, 2.75) is 6.54 Å². The summed E-state index contributed by atoms with van der Waals surface area (Å²) in [7, 11) is 0. The highest BCUT2D eigenvalue weighted by molar-refractivity contribution is 7.14. The zero-order chi connectivity index (χ0) is 17.6. The second-order valence-electron chi connectivity index (χ2n) is 5.34. The summed E-state index contributed by atoms with van der Waals surface area (Å²) >= 11 is 1.36. The van der Waals surface area contributed by atoms with Crippen molar-refractivity contribution < 1.29 is 9.59 Å². The van der Waals surface area contributed by atoms with Crippen molar-refractivity contribution in [3.8, 4) is 6.07 Å². The normalized spacial score (nSPS) is 10.0. The molecule has 25 heavy (non-hydrogen) atoms. The first kappa shape index (κ1) is 16.6. The molecular weight excluding hydrogens is 332 g/mol. The van der Waals surface area contributed by atoms with E-state index in [9.17, 15) is 9.59 Å². The number of ketones is 1. The second-order valence-corrected chi connectivity index (χ2v) is 6.50. The Hall–Kier alpha value is -3.23. The highest BCUT2D eigenvalue weighted by atomic mass is 32.1.